The van der Waals surface area contributed by atoms with Crippen LogP contribution in [0.25, 0.3) is 0 Å². The Balaban J connectivity index is 2.43. The van der Waals surface area contributed by atoms with E-state index in [2.05, 4.69) is 15.3 Å². The molecule has 0 aliphatic heterocycles. The van der Waals surface area contributed by atoms with Gasteiger partial charge in [-0.25, -0.2) is 9.97 Å². The first-order chi connectivity index (χ1) is 6.49. The Morgan fingerprint density at radius 1 is 1.43 bits per heavy atom. The van der Waals surface area contributed by atoms with Crippen molar-refractivity contribution < 1.29 is 13.2 Å². The number of rotatable bonds is 3. The first-order valence-corrected chi connectivity index (χ1v) is 4.83. The molecule has 0 bridgehead atoms. The van der Waals surface area contributed by atoms with E-state index in [1.54, 1.807) is 0 Å². The second-order valence-corrected chi connectivity index (χ2v) is 3.67. The quantitative estimate of drug-likeness (QED) is 0.870. The predicted molar refractivity (Wildman–Crippen MR) is 53.9 cm³/mol. The van der Waals surface area contributed by atoms with Gasteiger partial charge in [-0.15, -0.1) is 0 Å². The number of hydrogen-bond donors (Lipinski definition) is 1. The summed E-state index contributed by atoms with van der Waals surface area (Å²) in [4.78, 5) is 7.52. The molecule has 14 heavy (non-hydrogen) atoms. The van der Waals surface area contributed by atoms with Gasteiger partial charge in [0.05, 0.1) is 9.99 Å². The van der Waals surface area contributed by atoms with Gasteiger partial charge in [-0.2, -0.15) is 13.2 Å². The fourth-order valence-electron chi connectivity index (χ4n) is 0.765. The first-order valence-electron chi connectivity index (χ1n) is 3.75. The smallest absolute Gasteiger partial charge is 0.369 e. The van der Waals surface area contributed by atoms with E-state index in [9.17, 15) is 13.2 Å². The Hall–Kier alpha value is -0.600. The van der Waals surface area contributed by atoms with E-state index in [0.29, 0.717) is 9.39 Å². The number of halogens is 4. The molecule has 0 amide bonds. The highest BCUT2D eigenvalue weighted by molar-refractivity contribution is 14.1. The fourth-order valence-corrected chi connectivity index (χ4v) is 1.26. The van der Waals surface area contributed by atoms with Crippen LogP contribution >= 0.6 is 22.6 Å². The van der Waals surface area contributed by atoms with Gasteiger partial charge >= 0.3 is 6.18 Å². The van der Waals surface area contributed by atoms with E-state index < -0.39 is 12.6 Å². The zero-order chi connectivity index (χ0) is 10.6. The van der Waals surface area contributed by atoms with Crippen LogP contribution in [0.1, 0.15) is 6.42 Å². The fraction of sp³-hybridized carbons (Fsp3) is 0.429. The molecular weight excluding hydrogens is 310 g/mol. The van der Waals surface area contributed by atoms with Crippen molar-refractivity contribution in [1.29, 1.82) is 0 Å². The second kappa shape index (κ2) is 4.76. The summed E-state index contributed by atoms with van der Waals surface area (Å²) < 4.78 is 36.1. The summed E-state index contributed by atoms with van der Waals surface area (Å²) in [7, 11) is 0. The standard InChI is InChI=1S/C7H7F3IN3/c8-7(9,10)1-2-13-6-5(11)3-12-4-14-6/h3-4H,1-2H2,(H,12,13,14). The van der Waals surface area contributed by atoms with Crippen LogP contribution in [0.5, 0.6) is 0 Å². The van der Waals surface area contributed by atoms with Gasteiger partial charge < -0.3 is 5.32 Å². The van der Waals surface area contributed by atoms with Crippen LogP contribution in [0.2, 0.25) is 0 Å². The zero-order valence-corrected chi connectivity index (χ0v) is 9.13. The van der Waals surface area contributed by atoms with E-state index in [0.717, 1.165) is 0 Å². The highest BCUT2D eigenvalue weighted by atomic mass is 127. The zero-order valence-electron chi connectivity index (χ0n) is 6.98. The number of nitrogens with one attached hydrogen (secondary N) is 1. The Morgan fingerprint density at radius 3 is 2.71 bits per heavy atom. The third-order valence-corrected chi connectivity index (χ3v) is 2.16. The van der Waals surface area contributed by atoms with Crippen molar-refractivity contribution in [3.05, 3.63) is 16.1 Å². The molecule has 1 aromatic heterocycles. The third-order valence-electron chi connectivity index (χ3n) is 1.37. The highest BCUT2D eigenvalue weighted by Crippen LogP contribution is 2.20. The molecule has 1 N–H and O–H groups in total. The van der Waals surface area contributed by atoms with Gasteiger partial charge in [0, 0.05) is 12.7 Å². The third kappa shape index (κ3) is 4.07. The summed E-state index contributed by atoms with van der Waals surface area (Å²) in [5.41, 5.74) is 0. The molecule has 78 valence electrons. The molecule has 1 heterocycles. The highest BCUT2D eigenvalue weighted by Gasteiger charge is 2.26. The molecule has 1 rings (SSSR count). The molecule has 0 aliphatic rings. The minimum absolute atomic E-state index is 0.170. The minimum atomic E-state index is -4.13. The topological polar surface area (TPSA) is 37.8 Å². The molecule has 7 heteroatoms. The lowest BCUT2D eigenvalue weighted by Crippen LogP contribution is -2.15. The van der Waals surface area contributed by atoms with E-state index in [1.165, 1.54) is 12.5 Å². The van der Waals surface area contributed by atoms with E-state index in [1.807, 2.05) is 22.6 Å². The van der Waals surface area contributed by atoms with E-state index in [-0.39, 0.29) is 6.54 Å². The maximum absolute atomic E-state index is 11.8. The second-order valence-electron chi connectivity index (χ2n) is 2.51. The Bertz CT molecular complexity index is 302. The maximum Gasteiger partial charge on any atom is 0.390 e. The molecule has 0 aromatic carbocycles. The lowest BCUT2D eigenvalue weighted by molar-refractivity contribution is -0.131. The lowest BCUT2D eigenvalue weighted by atomic mass is 10.4. The van der Waals surface area contributed by atoms with Gasteiger partial charge in [0.2, 0.25) is 0 Å². The Labute approximate surface area is 92.3 Å². The summed E-state index contributed by atoms with van der Waals surface area (Å²) in [6.07, 6.45) is -2.18. The predicted octanol–water partition coefficient (Wildman–Crippen LogP) is 2.45. The van der Waals surface area contributed by atoms with Crippen molar-refractivity contribution in [2.75, 3.05) is 11.9 Å². The van der Waals surface area contributed by atoms with Crippen LogP contribution in [-0.2, 0) is 0 Å². The van der Waals surface area contributed by atoms with Crippen molar-refractivity contribution >= 4 is 28.4 Å². The van der Waals surface area contributed by atoms with Crippen molar-refractivity contribution in [2.24, 2.45) is 0 Å². The van der Waals surface area contributed by atoms with Gasteiger partial charge in [0.25, 0.3) is 0 Å². The summed E-state index contributed by atoms with van der Waals surface area (Å²) in [6, 6.07) is 0. The molecular formula is C7H7F3IN3. The largest absolute Gasteiger partial charge is 0.390 e. The molecule has 0 fully saturated rings. The molecule has 0 saturated heterocycles. The van der Waals surface area contributed by atoms with Crippen molar-refractivity contribution in [2.45, 2.75) is 12.6 Å². The van der Waals surface area contributed by atoms with E-state index in [4.69, 9.17) is 0 Å². The first kappa shape index (κ1) is 11.5. The molecule has 0 unspecified atom stereocenters. The number of alkyl halides is 3. The van der Waals surface area contributed by atoms with Crippen LogP contribution in [0, 0.1) is 3.57 Å². The molecule has 0 saturated carbocycles. The average molecular weight is 317 g/mol. The molecule has 0 aliphatic carbocycles. The van der Waals surface area contributed by atoms with Crippen molar-refractivity contribution in [3.63, 3.8) is 0 Å². The molecule has 1 aromatic rings. The van der Waals surface area contributed by atoms with Crippen LogP contribution in [0.15, 0.2) is 12.5 Å². The normalized spacial score (nSPS) is 11.4. The average Bonchev–Trinajstić information content (AvgIpc) is 2.06. The monoisotopic (exact) mass is 317 g/mol. The molecule has 0 atom stereocenters. The number of nitrogens with zero attached hydrogens (tertiary/aromatic N) is 2. The Kier molecular flexibility index (Phi) is 3.90. The van der Waals surface area contributed by atoms with Gasteiger partial charge in [-0.1, -0.05) is 0 Å². The van der Waals surface area contributed by atoms with Crippen LogP contribution in [-0.4, -0.2) is 22.7 Å². The number of aromatic nitrogens is 2. The summed E-state index contributed by atoms with van der Waals surface area (Å²) in [6.45, 7) is -0.170. The molecule has 0 spiro atoms. The van der Waals surface area contributed by atoms with Crippen LogP contribution in [0.3, 0.4) is 0 Å². The number of anilines is 1. The van der Waals surface area contributed by atoms with Crippen LogP contribution < -0.4 is 5.32 Å². The number of hydrogen-bond acceptors (Lipinski definition) is 3. The minimum Gasteiger partial charge on any atom is -0.369 e. The molecule has 0 radical (unpaired) electrons. The van der Waals surface area contributed by atoms with Gasteiger partial charge in [0.1, 0.15) is 12.1 Å². The SMILES string of the molecule is FC(F)(F)CCNc1ncncc1I. The summed E-state index contributed by atoms with van der Waals surface area (Å²) in [5.74, 6) is 0.435. The van der Waals surface area contributed by atoms with Crippen molar-refractivity contribution in [1.82, 2.24) is 9.97 Å². The van der Waals surface area contributed by atoms with Crippen LogP contribution in [0.4, 0.5) is 19.0 Å². The van der Waals surface area contributed by atoms with Gasteiger partial charge in [-0.3, -0.25) is 0 Å². The van der Waals surface area contributed by atoms with Gasteiger partial charge in [-0.05, 0) is 22.6 Å². The summed E-state index contributed by atoms with van der Waals surface area (Å²) in [5, 5.41) is 2.59. The Morgan fingerprint density at radius 2 is 2.14 bits per heavy atom. The maximum atomic E-state index is 11.8. The molecule has 3 nitrogen and oxygen atoms in total. The summed E-state index contributed by atoms with van der Waals surface area (Å²) >= 11 is 1.95. The lowest BCUT2D eigenvalue weighted by Gasteiger charge is -2.08. The van der Waals surface area contributed by atoms with E-state index >= 15 is 0 Å². The van der Waals surface area contributed by atoms with Gasteiger partial charge in [0.15, 0.2) is 0 Å². The van der Waals surface area contributed by atoms with Crippen molar-refractivity contribution in [3.8, 4) is 0 Å².